The van der Waals surface area contributed by atoms with Gasteiger partial charge < -0.3 is 3.90 Å². The molecule has 14 heteroatoms. The summed E-state index contributed by atoms with van der Waals surface area (Å²) >= 11 is 0. The average molecular weight is 426 g/mol. The SMILES string of the molecule is C[Si](C)(C)N([Si](C(F)(F)C(F)(F)F)C(F)(F)C(F)(F)F)[Si](C)(C)C. The zero-order chi connectivity index (χ0) is 20.2. The fraction of sp³-hybridized carbons (Fsp3) is 1.00. The first-order chi connectivity index (χ1) is 9.99. The van der Waals surface area contributed by atoms with Crippen molar-refractivity contribution in [3.63, 3.8) is 0 Å². The van der Waals surface area contributed by atoms with E-state index in [1.54, 1.807) is 0 Å². The third-order valence-corrected chi connectivity index (χ3v) is 17.2. The highest BCUT2D eigenvalue weighted by atomic mass is 28.5. The second-order valence-corrected chi connectivity index (χ2v) is 20.5. The molecule has 0 aliphatic carbocycles. The fourth-order valence-corrected chi connectivity index (χ4v) is 19.0. The summed E-state index contributed by atoms with van der Waals surface area (Å²) in [5.41, 5.74) is -12.3. The molecule has 0 saturated heterocycles. The van der Waals surface area contributed by atoms with Crippen LogP contribution in [0, 0.1) is 0 Å². The molecule has 145 valence electrons. The highest BCUT2D eigenvalue weighted by molar-refractivity contribution is 7.00. The molecule has 0 aromatic carbocycles. The number of hydrogen-bond acceptors (Lipinski definition) is 1. The van der Waals surface area contributed by atoms with Crippen LogP contribution in [0.4, 0.5) is 43.9 Å². The van der Waals surface area contributed by atoms with Crippen molar-refractivity contribution in [3.05, 3.63) is 0 Å². The number of rotatable bonds is 5. The molecule has 0 fully saturated rings. The molecule has 0 aromatic rings. The van der Waals surface area contributed by atoms with Gasteiger partial charge in [0.1, 0.15) is 16.5 Å². The van der Waals surface area contributed by atoms with Gasteiger partial charge in [0, 0.05) is 0 Å². The normalized spacial score (nSPS) is 16.2. The van der Waals surface area contributed by atoms with Crippen molar-refractivity contribution in [1.82, 2.24) is 3.90 Å². The highest BCUT2D eigenvalue weighted by Crippen LogP contribution is 2.50. The molecule has 1 radical (unpaired) electrons. The minimum atomic E-state index is -6.51. The molecular formula is C10H18F10NSi3. The van der Waals surface area contributed by atoms with E-state index in [0.29, 0.717) is 0 Å². The van der Waals surface area contributed by atoms with Crippen LogP contribution in [0.5, 0.6) is 0 Å². The molecule has 0 spiro atoms. The number of hydrogen-bond donors (Lipinski definition) is 0. The van der Waals surface area contributed by atoms with Gasteiger partial charge in [0.15, 0.2) is 0 Å². The standard InChI is InChI=1S/C10H18F10NSi3/c1-23(2,3)21(24(4,5)6)22(9(17,18)7(11,12)13)10(19,20)8(14,15)16/h1-6H3. The molecule has 0 heterocycles. The van der Waals surface area contributed by atoms with Crippen LogP contribution in [0.25, 0.3) is 0 Å². The van der Waals surface area contributed by atoms with Crippen LogP contribution in [-0.4, -0.2) is 52.8 Å². The van der Waals surface area contributed by atoms with E-state index in [0.717, 1.165) is 0 Å². The Morgan fingerprint density at radius 1 is 0.542 bits per heavy atom. The smallest absolute Gasteiger partial charge is 0.359 e. The fourth-order valence-electron chi connectivity index (χ4n) is 2.42. The molecule has 0 aliphatic heterocycles. The molecule has 0 rings (SSSR count). The summed E-state index contributed by atoms with van der Waals surface area (Å²) in [6.45, 7) is 7.05. The van der Waals surface area contributed by atoms with Gasteiger partial charge >= 0.3 is 32.4 Å². The van der Waals surface area contributed by atoms with E-state index in [1.165, 1.54) is 39.3 Å². The van der Waals surface area contributed by atoms with E-state index in [2.05, 4.69) is 0 Å². The third kappa shape index (κ3) is 4.55. The predicted molar refractivity (Wildman–Crippen MR) is 76.3 cm³/mol. The second-order valence-electron chi connectivity index (χ2n) is 7.17. The highest BCUT2D eigenvalue weighted by Gasteiger charge is 2.80. The Balaban J connectivity index is 6.79. The Morgan fingerprint density at radius 2 is 0.750 bits per heavy atom. The van der Waals surface area contributed by atoms with Gasteiger partial charge in [-0.1, -0.05) is 39.3 Å². The summed E-state index contributed by atoms with van der Waals surface area (Å²) in [5.74, 6) is 0. The van der Waals surface area contributed by atoms with Crippen LogP contribution in [0.15, 0.2) is 0 Å². The van der Waals surface area contributed by atoms with Crippen molar-refractivity contribution in [2.45, 2.75) is 62.7 Å². The van der Waals surface area contributed by atoms with E-state index < -0.39 is 48.9 Å². The maximum absolute atomic E-state index is 13.9. The van der Waals surface area contributed by atoms with Gasteiger partial charge in [0.05, 0.1) is 0 Å². The van der Waals surface area contributed by atoms with Crippen molar-refractivity contribution in [3.8, 4) is 0 Å². The lowest BCUT2D eigenvalue weighted by Crippen LogP contribution is -2.79. The van der Waals surface area contributed by atoms with Crippen LogP contribution >= 0.6 is 0 Å². The van der Waals surface area contributed by atoms with Gasteiger partial charge in [-0.2, -0.15) is 43.9 Å². The van der Waals surface area contributed by atoms with E-state index in [-0.39, 0.29) is 3.90 Å². The van der Waals surface area contributed by atoms with E-state index in [4.69, 9.17) is 0 Å². The Hall–Kier alpha value is -0.0894. The van der Waals surface area contributed by atoms with Crippen molar-refractivity contribution in [2.75, 3.05) is 0 Å². The lowest BCUT2D eigenvalue weighted by atomic mass is 10.7. The predicted octanol–water partition coefficient (Wildman–Crippen LogP) is 5.42. The van der Waals surface area contributed by atoms with Crippen LogP contribution in [0.1, 0.15) is 0 Å². The van der Waals surface area contributed by atoms with Gasteiger partial charge in [-0.15, -0.1) is 0 Å². The maximum Gasteiger partial charge on any atom is 0.450 e. The van der Waals surface area contributed by atoms with Gasteiger partial charge in [-0.3, -0.25) is 0 Å². The molecule has 0 aromatic heterocycles. The molecule has 0 unspecified atom stereocenters. The first-order valence-corrected chi connectivity index (χ1v) is 14.9. The number of alkyl halides is 10. The molecule has 1 nitrogen and oxygen atoms in total. The Kier molecular flexibility index (Phi) is 6.24. The van der Waals surface area contributed by atoms with Crippen molar-refractivity contribution in [1.29, 1.82) is 0 Å². The minimum Gasteiger partial charge on any atom is -0.359 e. The number of halogens is 10. The monoisotopic (exact) mass is 426 g/mol. The van der Waals surface area contributed by atoms with Gasteiger partial charge in [-0.25, -0.2) is 0 Å². The summed E-state index contributed by atoms with van der Waals surface area (Å²) in [5, 5.41) is 0. The summed E-state index contributed by atoms with van der Waals surface area (Å²) < 4.78 is 132. The van der Waals surface area contributed by atoms with Crippen LogP contribution < -0.4 is 0 Å². The van der Waals surface area contributed by atoms with Crippen molar-refractivity contribution in [2.24, 2.45) is 0 Å². The van der Waals surface area contributed by atoms with Gasteiger partial charge in [0.2, 0.25) is 0 Å². The second kappa shape index (κ2) is 6.26. The third-order valence-electron chi connectivity index (χ3n) is 2.87. The zero-order valence-corrected chi connectivity index (χ0v) is 16.7. The van der Waals surface area contributed by atoms with Gasteiger partial charge in [0.25, 0.3) is 0 Å². The van der Waals surface area contributed by atoms with E-state index >= 15 is 0 Å². The Morgan fingerprint density at radius 3 is 0.875 bits per heavy atom. The quantitative estimate of drug-likeness (QED) is 0.419. The minimum absolute atomic E-state index is 0.242. The molecule has 0 aliphatic rings. The molecule has 0 atom stereocenters. The first kappa shape index (κ1) is 23.9. The topological polar surface area (TPSA) is 3.24 Å². The Labute approximate surface area is 136 Å². The summed E-state index contributed by atoms with van der Waals surface area (Å²) in [7, 11) is -12.5. The molecule has 24 heavy (non-hydrogen) atoms. The van der Waals surface area contributed by atoms with Crippen molar-refractivity contribution >= 4 is 25.4 Å². The zero-order valence-electron chi connectivity index (χ0n) is 13.7. The largest absolute Gasteiger partial charge is 0.450 e. The first-order valence-electron chi connectivity index (χ1n) is 6.56. The maximum atomic E-state index is 13.9. The van der Waals surface area contributed by atoms with E-state index in [9.17, 15) is 43.9 Å². The Bertz CT molecular complexity index is 406. The lowest BCUT2D eigenvalue weighted by Gasteiger charge is -2.51. The summed E-state index contributed by atoms with van der Waals surface area (Å²) in [4.78, 5) is 0. The molecule has 0 amide bonds. The number of nitrogens with zero attached hydrogens (tertiary/aromatic N) is 1. The molecule has 0 bridgehead atoms. The molecular weight excluding hydrogens is 408 g/mol. The van der Waals surface area contributed by atoms with Crippen LogP contribution in [0.2, 0.25) is 39.3 Å². The molecule has 0 N–H and O–H groups in total. The summed E-state index contributed by atoms with van der Waals surface area (Å²) in [6, 6.07) is 0. The molecule has 0 saturated carbocycles. The average Bonchev–Trinajstić information content (AvgIpc) is 2.17. The van der Waals surface area contributed by atoms with Crippen LogP contribution in [0.3, 0.4) is 0 Å². The lowest BCUT2D eigenvalue weighted by molar-refractivity contribution is -0.274. The van der Waals surface area contributed by atoms with E-state index in [1.807, 2.05) is 0 Å². The summed E-state index contributed by atoms with van der Waals surface area (Å²) in [6.07, 6.45) is -13.0. The van der Waals surface area contributed by atoms with Crippen LogP contribution in [-0.2, 0) is 0 Å². The van der Waals surface area contributed by atoms with Crippen molar-refractivity contribution < 1.29 is 43.9 Å². The van der Waals surface area contributed by atoms with Gasteiger partial charge in [-0.05, 0) is 0 Å².